The molecule has 0 aromatic carbocycles. The lowest BCUT2D eigenvalue weighted by atomic mass is 10.0. The van der Waals surface area contributed by atoms with Crippen molar-refractivity contribution in [1.82, 2.24) is 15.2 Å². The summed E-state index contributed by atoms with van der Waals surface area (Å²) >= 11 is 0. The van der Waals surface area contributed by atoms with Crippen LogP contribution in [0.2, 0.25) is 0 Å². The van der Waals surface area contributed by atoms with Crippen molar-refractivity contribution in [3.05, 3.63) is 29.6 Å². The first-order valence-corrected chi connectivity index (χ1v) is 5.10. The predicted octanol–water partition coefficient (Wildman–Crippen LogP) is 0.966. The summed E-state index contributed by atoms with van der Waals surface area (Å²) in [6.45, 7) is 5.42. The molecule has 0 saturated carbocycles. The van der Waals surface area contributed by atoms with Gasteiger partial charge < -0.3 is 10.2 Å². The molecule has 1 aliphatic rings. The van der Waals surface area contributed by atoms with Crippen LogP contribution in [0.1, 0.15) is 17.2 Å². The lowest BCUT2D eigenvalue weighted by Crippen LogP contribution is -2.43. The van der Waals surface area contributed by atoms with Gasteiger partial charge in [0.2, 0.25) is 0 Å². The smallest absolute Gasteiger partial charge is 0.0453 e. The van der Waals surface area contributed by atoms with E-state index in [0.717, 1.165) is 19.6 Å². The molecule has 3 nitrogen and oxygen atoms in total. The third-order valence-corrected chi connectivity index (χ3v) is 2.82. The second-order valence-electron chi connectivity index (χ2n) is 4.00. The van der Waals surface area contributed by atoms with Crippen molar-refractivity contribution >= 4 is 0 Å². The molecule has 14 heavy (non-hydrogen) atoms. The fraction of sp³-hybridized carbons (Fsp3) is 0.545. The molecule has 0 aliphatic carbocycles. The zero-order valence-corrected chi connectivity index (χ0v) is 8.83. The largest absolute Gasteiger partial charge is 0.308 e. The van der Waals surface area contributed by atoms with Gasteiger partial charge >= 0.3 is 0 Å². The molecule has 0 amide bonds. The molecule has 1 unspecified atom stereocenters. The SMILES string of the molecule is Cc1cnccc1C1CN(C)CCN1. The van der Waals surface area contributed by atoms with Crippen LogP contribution in [0.5, 0.6) is 0 Å². The number of piperazine rings is 1. The van der Waals surface area contributed by atoms with Crippen molar-refractivity contribution in [1.29, 1.82) is 0 Å². The van der Waals surface area contributed by atoms with E-state index in [0.29, 0.717) is 6.04 Å². The van der Waals surface area contributed by atoms with E-state index >= 15 is 0 Å². The summed E-state index contributed by atoms with van der Waals surface area (Å²) in [6, 6.07) is 2.59. The summed E-state index contributed by atoms with van der Waals surface area (Å²) in [4.78, 5) is 6.48. The average molecular weight is 191 g/mol. The number of hydrogen-bond acceptors (Lipinski definition) is 3. The van der Waals surface area contributed by atoms with Crippen LogP contribution in [0.3, 0.4) is 0 Å². The Morgan fingerprint density at radius 3 is 3.14 bits per heavy atom. The Bertz CT molecular complexity index is 311. The molecule has 1 aromatic rings. The summed E-state index contributed by atoms with van der Waals surface area (Å²) in [6.07, 6.45) is 3.81. The van der Waals surface area contributed by atoms with E-state index in [4.69, 9.17) is 0 Å². The van der Waals surface area contributed by atoms with Crippen LogP contribution in [0, 0.1) is 6.92 Å². The topological polar surface area (TPSA) is 28.2 Å². The van der Waals surface area contributed by atoms with Gasteiger partial charge in [-0.25, -0.2) is 0 Å². The van der Waals surface area contributed by atoms with Crippen LogP contribution < -0.4 is 5.32 Å². The molecule has 1 aliphatic heterocycles. The number of pyridine rings is 1. The third kappa shape index (κ3) is 1.94. The second kappa shape index (κ2) is 4.07. The van der Waals surface area contributed by atoms with Crippen LogP contribution in [-0.4, -0.2) is 36.6 Å². The number of nitrogens with zero attached hydrogens (tertiary/aromatic N) is 2. The number of likely N-dealkylation sites (N-methyl/N-ethyl adjacent to an activating group) is 1. The maximum Gasteiger partial charge on any atom is 0.0453 e. The second-order valence-corrected chi connectivity index (χ2v) is 4.00. The molecular weight excluding hydrogens is 174 g/mol. The van der Waals surface area contributed by atoms with Gasteiger partial charge in [0, 0.05) is 38.1 Å². The zero-order valence-electron chi connectivity index (χ0n) is 8.83. The molecule has 2 heterocycles. The highest BCUT2D eigenvalue weighted by Crippen LogP contribution is 2.18. The average Bonchev–Trinajstić information content (AvgIpc) is 2.18. The van der Waals surface area contributed by atoms with Crippen molar-refractivity contribution < 1.29 is 0 Å². The van der Waals surface area contributed by atoms with Gasteiger partial charge in [-0.3, -0.25) is 4.98 Å². The van der Waals surface area contributed by atoms with Crippen molar-refractivity contribution in [3.8, 4) is 0 Å². The normalized spacial score (nSPS) is 23.7. The number of hydrogen-bond donors (Lipinski definition) is 1. The Hall–Kier alpha value is -0.930. The maximum absolute atomic E-state index is 4.12. The molecule has 3 heteroatoms. The minimum Gasteiger partial charge on any atom is -0.308 e. The minimum absolute atomic E-state index is 0.469. The van der Waals surface area contributed by atoms with Crippen molar-refractivity contribution in [2.24, 2.45) is 0 Å². The van der Waals surface area contributed by atoms with E-state index in [1.165, 1.54) is 11.1 Å². The fourth-order valence-corrected chi connectivity index (χ4v) is 1.98. The molecular formula is C11H17N3. The van der Waals surface area contributed by atoms with Crippen LogP contribution >= 0.6 is 0 Å². The summed E-state index contributed by atoms with van der Waals surface area (Å²) < 4.78 is 0. The first-order chi connectivity index (χ1) is 6.77. The Labute approximate surface area is 85.1 Å². The van der Waals surface area contributed by atoms with Crippen molar-refractivity contribution in [3.63, 3.8) is 0 Å². The van der Waals surface area contributed by atoms with Gasteiger partial charge in [0.1, 0.15) is 0 Å². The fourth-order valence-electron chi connectivity index (χ4n) is 1.98. The molecule has 1 atom stereocenters. The summed E-state index contributed by atoms with van der Waals surface area (Å²) in [5, 5.41) is 3.54. The summed E-state index contributed by atoms with van der Waals surface area (Å²) in [5.41, 5.74) is 2.66. The molecule has 0 radical (unpaired) electrons. The monoisotopic (exact) mass is 191 g/mol. The van der Waals surface area contributed by atoms with Gasteiger partial charge in [-0.2, -0.15) is 0 Å². The van der Waals surface area contributed by atoms with E-state index < -0.39 is 0 Å². The Balaban J connectivity index is 2.18. The lowest BCUT2D eigenvalue weighted by molar-refractivity contribution is 0.240. The van der Waals surface area contributed by atoms with Crippen LogP contribution in [0.4, 0.5) is 0 Å². The van der Waals surface area contributed by atoms with E-state index in [9.17, 15) is 0 Å². The van der Waals surface area contributed by atoms with Crippen LogP contribution in [0.25, 0.3) is 0 Å². The Morgan fingerprint density at radius 2 is 2.43 bits per heavy atom. The van der Waals surface area contributed by atoms with E-state index in [1.54, 1.807) is 0 Å². The first-order valence-electron chi connectivity index (χ1n) is 5.10. The highest BCUT2D eigenvalue weighted by atomic mass is 15.2. The molecule has 76 valence electrons. The van der Waals surface area contributed by atoms with Crippen molar-refractivity contribution in [2.45, 2.75) is 13.0 Å². The zero-order chi connectivity index (χ0) is 9.97. The molecule has 1 saturated heterocycles. The Kier molecular flexibility index (Phi) is 2.79. The van der Waals surface area contributed by atoms with Gasteiger partial charge in [0.15, 0.2) is 0 Å². The first kappa shape index (κ1) is 9.62. The highest BCUT2D eigenvalue weighted by Gasteiger charge is 2.18. The van der Waals surface area contributed by atoms with Gasteiger partial charge in [-0.1, -0.05) is 0 Å². The van der Waals surface area contributed by atoms with Crippen LogP contribution in [-0.2, 0) is 0 Å². The molecule has 1 aromatic heterocycles. The van der Waals surface area contributed by atoms with E-state index in [2.05, 4.69) is 35.2 Å². The van der Waals surface area contributed by atoms with Gasteiger partial charge in [0.05, 0.1) is 0 Å². The van der Waals surface area contributed by atoms with Gasteiger partial charge in [-0.05, 0) is 31.2 Å². The number of nitrogens with one attached hydrogen (secondary N) is 1. The molecule has 2 rings (SSSR count). The standard InChI is InChI=1S/C11H17N3/c1-9-7-12-4-3-10(9)11-8-14(2)6-5-13-11/h3-4,7,11,13H,5-6,8H2,1-2H3. The molecule has 0 bridgehead atoms. The highest BCUT2D eigenvalue weighted by molar-refractivity contribution is 5.26. The van der Waals surface area contributed by atoms with Crippen molar-refractivity contribution in [2.75, 3.05) is 26.7 Å². The predicted molar refractivity (Wildman–Crippen MR) is 57.2 cm³/mol. The maximum atomic E-state index is 4.12. The van der Waals surface area contributed by atoms with E-state index in [-0.39, 0.29) is 0 Å². The number of aryl methyl sites for hydroxylation is 1. The summed E-state index contributed by atoms with van der Waals surface area (Å²) in [7, 11) is 2.17. The minimum atomic E-state index is 0.469. The third-order valence-electron chi connectivity index (χ3n) is 2.82. The van der Waals surface area contributed by atoms with Gasteiger partial charge in [0.25, 0.3) is 0 Å². The van der Waals surface area contributed by atoms with E-state index in [1.807, 2.05) is 12.4 Å². The summed E-state index contributed by atoms with van der Waals surface area (Å²) in [5.74, 6) is 0. The Morgan fingerprint density at radius 1 is 1.57 bits per heavy atom. The van der Waals surface area contributed by atoms with Gasteiger partial charge in [-0.15, -0.1) is 0 Å². The molecule has 1 N–H and O–H groups in total. The lowest BCUT2D eigenvalue weighted by Gasteiger charge is -2.31. The molecule has 1 fully saturated rings. The molecule has 0 spiro atoms. The number of rotatable bonds is 1. The quantitative estimate of drug-likeness (QED) is 0.717. The number of aromatic nitrogens is 1. The van der Waals surface area contributed by atoms with Crippen LogP contribution in [0.15, 0.2) is 18.5 Å².